The topological polar surface area (TPSA) is 44.5 Å². The van der Waals surface area contributed by atoms with Crippen LogP contribution < -0.4 is 15.2 Å². The summed E-state index contributed by atoms with van der Waals surface area (Å²) in [5, 5.41) is 0. The highest BCUT2D eigenvalue weighted by atomic mass is 16.5. The van der Waals surface area contributed by atoms with Crippen LogP contribution >= 0.6 is 0 Å². The number of nitrogens with two attached hydrogens (primary N) is 1. The second kappa shape index (κ2) is 8.12. The van der Waals surface area contributed by atoms with Crippen LogP contribution in [0.3, 0.4) is 0 Å². The van der Waals surface area contributed by atoms with Crippen molar-refractivity contribution in [3.05, 3.63) is 65.7 Å². The van der Waals surface area contributed by atoms with E-state index in [2.05, 4.69) is 12.1 Å². The molecule has 3 heteroatoms. The molecule has 2 aromatic carbocycles. The maximum atomic E-state index is 5.74. The molecule has 0 radical (unpaired) electrons. The number of hydrogen-bond acceptors (Lipinski definition) is 3. The Bertz CT molecular complexity index is 579. The molecule has 2 N–H and O–H groups in total. The van der Waals surface area contributed by atoms with Crippen molar-refractivity contribution in [1.29, 1.82) is 0 Å². The third-order valence-corrected chi connectivity index (χ3v) is 3.11. The van der Waals surface area contributed by atoms with Crippen molar-refractivity contribution in [2.45, 2.75) is 6.42 Å². The molecule has 0 heterocycles. The second-order valence-corrected chi connectivity index (χ2v) is 4.65. The minimum atomic E-state index is 0.501. The van der Waals surface area contributed by atoms with E-state index in [0.29, 0.717) is 13.2 Å². The first-order chi connectivity index (χ1) is 10.3. The molecule has 0 aliphatic heterocycles. The summed E-state index contributed by atoms with van der Waals surface area (Å²) in [7, 11) is 1.65. The molecular formula is C18H21NO2. The molecule has 0 fully saturated rings. The van der Waals surface area contributed by atoms with Crippen molar-refractivity contribution in [2.75, 3.05) is 20.3 Å². The van der Waals surface area contributed by atoms with Gasteiger partial charge >= 0.3 is 0 Å². The summed E-state index contributed by atoms with van der Waals surface area (Å²) in [5.74, 6) is 1.49. The molecule has 0 atom stereocenters. The van der Waals surface area contributed by atoms with Crippen molar-refractivity contribution in [3.63, 3.8) is 0 Å². The lowest BCUT2D eigenvalue weighted by atomic mass is 10.1. The summed E-state index contributed by atoms with van der Waals surface area (Å²) in [6, 6.07) is 16.1. The van der Waals surface area contributed by atoms with E-state index in [4.69, 9.17) is 15.2 Å². The first kappa shape index (κ1) is 15.1. The van der Waals surface area contributed by atoms with Gasteiger partial charge in [0.25, 0.3) is 0 Å². The fourth-order valence-electron chi connectivity index (χ4n) is 2.04. The van der Waals surface area contributed by atoms with E-state index >= 15 is 0 Å². The molecule has 3 nitrogen and oxygen atoms in total. The zero-order chi connectivity index (χ0) is 14.9. The lowest BCUT2D eigenvalue weighted by Crippen LogP contribution is -2.03. The summed E-state index contributed by atoms with van der Waals surface area (Å²) in [4.78, 5) is 0. The van der Waals surface area contributed by atoms with Gasteiger partial charge in [0.1, 0.15) is 6.61 Å². The normalized spacial score (nSPS) is 10.8. The van der Waals surface area contributed by atoms with E-state index in [0.717, 1.165) is 29.0 Å². The van der Waals surface area contributed by atoms with Gasteiger partial charge in [-0.15, -0.1) is 0 Å². The van der Waals surface area contributed by atoms with Crippen LogP contribution in [0.1, 0.15) is 11.1 Å². The Morgan fingerprint density at radius 2 is 1.86 bits per heavy atom. The minimum absolute atomic E-state index is 0.501. The van der Waals surface area contributed by atoms with Gasteiger partial charge in [-0.05, 0) is 42.3 Å². The molecule has 0 saturated carbocycles. The zero-order valence-corrected chi connectivity index (χ0v) is 12.3. The number of methoxy groups -OCH3 is 1. The van der Waals surface area contributed by atoms with Crippen molar-refractivity contribution in [3.8, 4) is 11.5 Å². The molecule has 0 spiro atoms. The summed E-state index contributed by atoms with van der Waals surface area (Å²) in [6.45, 7) is 1.13. The average Bonchev–Trinajstić information content (AvgIpc) is 2.53. The van der Waals surface area contributed by atoms with E-state index in [-0.39, 0.29) is 0 Å². The van der Waals surface area contributed by atoms with Gasteiger partial charge < -0.3 is 15.2 Å². The van der Waals surface area contributed by atoms with Crippen LogP contribution in [0.2, 0.25) is 0 Å². The summed E-state index contributed by atoms with van der Waals surface area (Å²) >= 11 is 0. The average molecular weight is 283 g/mol. The first-order valence-electron chi connectivity index (χ1n) is 7.05. The van der Waals surface area contributed by atoms with Crippen molar-refractivity contribution < 1.29 is 9.47 Å². The Balaban J connectivity index is 1.95. The summed E-state index contributed by atoms with van der Waals surface area (Å²) in [6.07, 6.45) is 4.86. The monoisotopic (exact) mass is 283 g/mol. The lowest BCUT2D eigenvalue weighted by molar-refractivity contribution is 0.326. The fourth-order valence-corrected chi connectivity index (χ4v) is 2.04. The molecule has 0 saturated heterocycles. The molecule has 2 aromatic rings. The highest BCUT2D eigenvalue weighted by Crippen LogP contribution is 2.28. The first-order valence-corrected chi connectivity index (χ1v) is 7.05. The third kappa shape index (κ3) is 4.65. The third-order valence-electron chi connectivity index (χ3n) is 3.11. The Morgan fingerprint density at radius 3 is 2.57 bits per heavy atom. The predicted octanol–water partition coefficient (Wildman–Crippen LogP) is 3.29. The standard InChI is InChI=1S/C18H21NO2/c1-20-18-14-16(11-12-19)9-10-17(18)21-13-5-8-15-6-3-2-4-7-15/h2-10,14H,11-13,19H2,1H3/b8-5+. The SMILES string of the molecule is COc1cc(CCN)ccc1OC/C=C/c1ccccc1. The van der Waals surface area contributed by atoms with E-state index in [9.17, 15) is 0 Å². The lowest BCUT2D eigenvalue weighted by Gasteiger charge is -2.10. The molecule has 0 amide bonds. The van der Waals surface area contributed by atoms with Crippen molar-refractivity contribution in [1.82, 2.24) is 0 Å². The smallest absolute Gasteiger partial charge is 0.161 e. The van der Waals surface area contributed by atoms with E-state index in [1.807, 2.05) is 48.6 Å². The molecule has 0 aliphatic carbocycles. The van der Waals surface area contributed by atoms with Crippen LogP contribution in [-0.4, -0.2) is 20.3 Å². The largest absolute Gasteiger partial charge is 0.493 e. The van der Waals surface area contributed by atoms with Gasteiger partial charge in [0.2, 0.25) is 0 Å². The van der Waals surface area contributed by atoms with E-state index < -0.39 is 0 Å². The predicted molar refractivity (Wildman–Crippen MR) is 86.7 cm³/mol. The molecule has 0 bridgehead atoms. The Labute approximate surface area is 126 Å². The highest BCUT2D eigenvalue weighted by Gasteiger charge is 2.04. The molecule has 2 rings (SSSR count). The summed E-state index contributed by atoms with van der Waals surface area (Å²) in [5.41, 5.74) is 7.88. The second-order valence-electron chi connectivity index (χ2n) is 4.65. The van der Waals surface area contributed by atoms with E-state index in [1.54, 1.807) is 7.11 Å². The molecule has 0 aliphatic rings. The Hall–Kier alpha value is -2.26. The fraction of sp³-hybridized carbons (Fsp3) is 0.222. The zero-order valence-electron chi connectivity index (χ0n) is 12.3. The Morgan fingerprint density at radius 1 is 1.05 bits per heavy atom. The molecular weight excluding hydrogens is 262 g/mol. The van der Waals surface area contributed by atoms with Crippen LogP contribution in [0.15, 0.2) is 54.6 Å². The van der Waals surface area contributed by atoms with Crippen LogP contribution in [0.5, 0.6) is 11.5 Å². The molecule has 21 heavy (non-hydrogen) atoms. The van der Waals surface area contributed by atoms with Gasteiger partial charge in [0.05, 0.1) is 7.11 Å². The van der Waals surface area contributed by atoms with Crippen molar-refractivity contribution in [2.24, 2.45) is 5.73 Å². The van der Waals surface area contributed by atoms with Gasteiger partial charge in [-0.3, -0.25) is 0 Å². The quantitative estimate of drug-likeness (QED) is 0.848. The van der Waals surface area contributed by atoms with Gasteiger partial charge in [-0.25, -0.2) is 0 Å². The number of ether oxygens (including phenoxy) is 2. The van der Waals surface area contributed by atoms with Gasteiger partial charge in [0, 0.05) is 0 Å². The van der Waals surface area contributed by atoms with E-state index in [1.165, 1.54) is 0 Å². The number of benzene rings is 2. The number of rotatable bonds is 7. The van der Waals surface area contributed by atoms with Gasteiger partial charge in [0.15, 0.2) is 11.5 Å². The van der Waals surface area contributed by atoms with Gasteiger partial charge in [-0.2, -0.15) is 0 Å². The Kier molecular flexibility index (Phi) is 5.85. The summed E-state index contributed by atoms with van der Waals surface area (Å²) < 4.78 is 11.1. The molecule has 0 unspecified atom stereocenters. The van der Waals surface area contributed by atoms with Crippen molar-refractivity contribution >= 4 is 6.08 Å². The van der Waals surface area contributed by atoms with Crippen LogP contribution in [-0.2, 0) is 6.42 Å². The maximum Gasteiger partial charge on any atom is 0.161 e. The number of hydrogen-bond donors (Lipinski definition) is 1. The maximum absolute atomic E-state index is 5.74. The van der Waals surface area contributed by atoms with Gasteiger partial charge in [-0.1, -0.05) is 42.5 Å². The highest BCUT2D eigenvalue weighted by molar-refractivity contribution is 5.49. The molecule has 110 valence electrons. The van der Waals surface area contributed by atoms with Crippen LogP contribution in [0, 0.1) is 0 Å². The molecule has 0 aromatic heterocycles. The van der Waals surface area contributed by atoms with Crippen LogP contribution in [0.4, 0.5) is 0 Å². The van der Waals surface area contributed by atoms with Crippen LogP contribution in [0.25, 0.3) is 6.08 Å². The minimum Gasteiger partial charge on any atom is -0.493 e.